The molecule has 0 atom stereocenters. The molecule has 1 aliphatic rings. The third-order valence-electron chi connectivity index (χ3n) is 4.26. The fourth-order valence-electron chi connectivity index (χ4n) is 3.03. The van der Waals surface area contributed by atoms with Gasteiger partial charge < -0.3 is 10.2 Å². The number of ketones is 1. The standard InChI is InChI=1S/C19H19ClN2O2/c20-15-8-9-17(21-18(23)13-22-10-4-5-11-22)16(12-15)19(24)14-6-2-1-3-7-14/h1-3,6-9,12H,4-5,10-11,13H2,(H,21,23)/p+1. The zero-order valence-corrected chi connectivity index (χ0v) is 14.1. The summed E-state index contributed by atoms with van der Waals surface area (Å²) in [5.41, 5.74) is 1.50. The van der Waals surface area contributed by atoms with Gasteiger partial charge in [-0.05, 0) is 18.2 Å². The second-order valence-corrected chi connectivity index (χ2v) is 6.50. The molecule has 0 spiro atoms. The Morgan fingerprint density at radius 2 is 1.75 bits per heavy atom. The highest BCUT2D eigenvalue weighted by atomic mass is 35.5. The molecule has 0 bridgehead atoms. The van der Waals surface area contributed by atoms with E-state index in [0.29, 0.717) is 28.4 Å². The van der Waals surface area contributed by atoms with Gasteiger partial charge in [-0.2, -0.15) is 0 Å². The van der Waals surface area contributed by atoms with Crippen molar-refractivity contribution < 1.29 is 14.5 Å². The highest BCUT2D eigenvalue weighted by Gasteiger charge is 2.21. The first-order chi connectivity index (χ1) is 11.6. The van der Waals surface area contributed by atoms with Crippen LogP contribution in [0.2, 0.25) is 5.02 Å². The molecular weight excluding hydrogens is 324 g/mol. The number of nitrogens with one attached hydrogen (secondary N) is 2. The zero-order chi connectivity index (χ0) is 16.9. The number of hydrogen-bond acceptors (Lipinski definition) is 2. The van der Waals surface area contributed by atoms with Gasteiger partial charge in [0.1, 0.15) is 0 Å². The average molecular weight is 344 g/mol. The van der Waals surface area contributed by atoms with Crippen LogP contribution in [0.25, 0.3) is 0 Å². The third kappa shape index (κ3) is 4.02. The Morgan fingerprint density at radius 1 is 1.04 bits per heavy atom. The van der Waals surface area contributed by atoms with E-state index >= 15 is 0 Å². The van der Waals surface area contributed by atoms with Crippen molar-refractivity contribution in [3.8, 4) is 0 Å². The SMILES string of the molecule is O=C(C[NH+]1CCCC1)Nc1ccc(Cl)cc1C(=O)c1ccccc1. The van der Waals surface area contributed by atoms with Crippen molar-refractivity contribution in [2.75, 3.05) is 25.0 Å². The van der Waals surface area contributed by atoms with Gasteiger partial charge in [-0.3, -0.25) is 9.59 Å². The molecule has 2 aromatic rings. The number of quaternary nitrogens is 1. The number of hydrogen-bond donors (Lipinski definition) is 2. The van der Waals surface area contributed by atoms with Crippen molar-refractivity contribution in [3.63, 3.8) is 0 Å². The molecule has 1 saturated heterocycles. The predicted molar refractivity (Wildman–Crippen MR) is 94.8 cm³/mol. The quantitative estimate of drug-likeness (QED) is 0.818. The molecule has 3 rings (SSSR count). The van der Waals surface area contributed by atoms with E-state index in [2.05, 4.69) is 5.32 Å². The third-order valence-corrected chi connectivity index (χ3v) is 4.49. The van der Waals surface area contributed by atoms with Gasteiger partial charge in [0.05, 0.1) is 18.8 Å². The monoisotopic (exact) mass is 343 g/mol. The van der Waals surface area contributed by atoms with Gasteiger partial charge in [-0.15, -0.1) is 0 Å². The summed E-state index contributed by atoms with van der Waals surface area (Å²) < 4.78 is 0. The molecular formula is C19H20ClN2O2+. The lowest BCUT2D eigenvalue weighted by molar-refractivity contribution is -0.878. The summed E-state index contributed by atoms with van der Waals surface area (Å²) in [4.78, 5) is 26.3. The van der Waals surface area contributed by atoms with E-state index < -0.39 is 0 Å². The number of benzene rings is 2. The summed E-state index contributed by atoms with van der Waals surface area (Å²) in [5.74, 6) is -0.224. The summed E-state index contributed by atoms with van der Waals surface area (Å²) in [5, 5.41) is 3.35. The van der Waals surface area contributed by atoms with Crippen LogP contribution >= 0.6 is 11.6 Å². The minimum absolute atomic E-state index is 0.0728. The van der Waals surface area contributed by atoms with E-state index in [1.807, 2.05) is 18.2 Å². The molecule has 2 N–H and O–H groups in total. The highest BCUT2D eigenvalue weighted by molar-refractivity contribution is 6.31. The van der Waals surface area contributed by atoms with Gasteiger partial charge in [-0.1, -0.05) is 41.9 Å². The van der Waals surface area contributed by atoms with Crippen LogP contribution in [0.15, 0.2) is 48.5 Å². The lowest BCUT2D eigenvalue weighted by atomic mass is 10.0. The molecule has 24 heavy (non-hydrogen) atoms. The number of halogens is 1. The van der Waals surface area contributed by atoms with Crippen molar-refractivity contribution in [2.24, 2.45) is 0 Å². The van der Waals surface area contributed by atoms with E-state index in [0.717, 1.165) is 13.1 Å². The van der Waals surface area contributed by atoms with Gasteiger partial charge in [0, 0.05) is 29.0 Å². The van der Waals surface area contributed by atoms with Gasteiger partial charge in [0.15, 0.2) is 12.3 Å². The largest absolute Gasteiger partial charge is 0.327 e. The normalized spacial score (nSPS) is 14.5. The molecule has 1 amide bonds. The first-order valence-electron chi connectivity index (χ1n) is 8.16. The molecule has 1 aliphatic heterocycles. The second kappa shape index (κ2) is 7.60. The molecule has 0 aromatic heterocycles. The Kier molecular flexibility index (Phi) is 5.28. The van der Waals surface area contributed by atoms with Crippen molar-refractivity contribution in [2.45, 2.75) is 12.8 Å². The average Bonchev–Trinajstić information content (AvgIpc) is 3.09. The van der Waals surface area contributed by atoms with Gasteiger partial charge in [-0.25, -0.2) is 0 Å². The molecule has 0 aliphatic carbocycles. The van der Waals surface area contributed by atoms with Crippen molar-refractivity contribution in [1.29, 1.82) is 0 Å². The second-order valence-electron chi connectivity index (χ2n) is 6.07. The van der Waals surface area contributed by atoms with Crippen molar-refractivity contribution in [1.82, 2.24) is 0 Å². The van der Waals surface area contributed by atoms with Gasteiger partial charge in [0.2, 0.25) is 0 Å². The molecule has 4 nitrogen and oxygen atoms in total. The van der Waals surface area contributed by atoms with Gasteiger partial charge in [0.25, 0.3) is 5.91 Å². The van der Waals surface area contributed by atoms with E-state index in [-0.39, 0.29) is 11.7 Å². The Balaban J connectivity index is 1.80. The van der Waals surface area contributed by atoms with Crippen LogP contribution in [-0.2, 0) is 4.79 Å². The van der Waals surface area contributed by atoms with Crippen LogP contribution in [-0.4, -0.2) is 31.3 Å². The Hall–Kier alpha value is -2.17. The maximum absolute atomic E-state index is 12.7. The Morgan fingerprint density at radius 3 is 2.46 bits per heavy atom. The molecule has 0 radical (unpaired) electrons. The summed E-state index contributed by atoms with van der Waals surface area (Å²) >= 11 is 6.05. The van der Waals surface area contributed by atoms with Crippen molar-refractivity contribution in [3.05, 3.63) is 64.7 Å². The molecule has 0 saturated carbocycles. The fraction of sp³-hybridized carbons (Fsp3) is 0.263. The summed E-state index contributed by atoms with van der Waals surface area (Å²) in [6.45, 7) is 2.50. The smallest absolute Gasteiger partial charge is 0.279 e. The van der Waals surface area contributed by atoms with E-state index in [9.17, 15) is 9.59 Å². The van der Waals surface area contributed by atoms with Crippen LogP contribution in [0.3, 0.4) is 0 Å². The lowest BCUT2D eigenvalue weighted by Gasteiger charge is -2.14. The molecule has 1 heterocycles. The Bertz CT molecular complexity index is 740. The molecule has 2 aromatic carbocycles. The van der Waals surface area contributed by atoms with E-state index in [1.165, 1.54) is 17.7 Å². The summed E-state index contributed by atoms with van der Waals surface area (Å²) in [6, 6.07) is 14.0. The molecule has 1 fully saturated rings. The first kappa shape index (κ1) is 16.7. The van der Waals surface area contributed by atoms with Gasteiger partial charge >= 0.3 is 0 Å². The van der Waals surface area contributed by atoms with Crippen LogP contribution in [0, 0.1) is 0 Å². The van der Waals surface area contributed by atoms with Crippen LogP contribution in [0.4, 0.5) is 5.69 Å². The number of rotatable bonds is 5. The summed E-state index contributed by atoms with van der Waals surface area (Å²) in [7, 11) is 0. The van der Waals surface area contributed by atoms with Crippen LogP contribution < -0.4 is 10.2 Å². The minimum Gasteiger partial charge on any atom is -0.327 e. The fourth-order valence-corrected chi connectivity index (χ4v) is 3.20. The number of anilines is 1. The van der Waals surface area contributed by atoms with Crippen molar-refractivity contribution >= 4 is 29.0 Å². The highest BCUT2D eigenvalue weighted by Crippen LogP contribution is 2.23. The lowest BCUT2D eigenvalue weighted by Crippen LogP contribution is -3.11. The maximum atomic E-state index is 12.7. The van der Waals surface area contributed by atoms with E-state index in [1.54, 1.807) is 30.3 Å². The number of likely N-dealkylation sites (tertiary alicyclic amines) is 1. The maximum Gasteiger partial charge on any atom is 0.279 e. The molecule has 0 unspecified atom stereocenters. The topological polar surface area (TPSA) is 50.6 Å². The number of carbonyl (C=O) groups is 2. The molecule has 124 valence electrons. The van der Waals surface area contributed by atoms with E-state index in [4.69, 9.17) is 11.6 Å². The minimum atomic E-state index is -0.151. The zero-order valence-electron chi connectivity index (χ0n) is 13.3. The summed E-state index contributed by atoms with van der Waals surface area (Å²) in [6.07, 6.45) is 2.34. The predicted octanol–water partition coefficient (Wildman–Crippen LogP) is 2.19. The Labute approximate surface area is 146 Å². The van der Waals surface area contributed by atoms with Crippen LogP contribution in [0.1, 0.15) is 28.8 Å². The number of carbonyl (C=O) groups excluding carboxylic acids is 2. The number of amides is 1. The van der Waals surface area contributed by atoms with Crippen LogP contribution in [0.5, 0.6) is 0 Å². The first-order valence-corrected chi connectivity index (χ1v) is 8.54. The molecule has 5 heteroatoms.